The number of benzene rings is 2. The third-order valence-corrected chi connectivity index (χ3v) is 4.02. The normalized spacial score (nSPS) is 11.6. The number of fused-ring (bicyclic) bond motifs is 2. The van der Waals surface area contributed by atoms with E-state index in [0.717, 1.165) is 44.8 Å². The molecule has 2 heterocycles. The van der Waals surface area contributed by atoms with Crippen molar-refractivity contribution in [1.29, 1.82) is 0 Å². The molecule has 0 fully saturated rings. The third-order valence-electron chi connectivity index (χ3n) is 4.02. The number of para-hydroxylation sites is 1. The van der Waals surface area contributed by atoms with E-state index in [2.05, 4.69) is 33.2 Å². The van der Waals surface area contributed by atoms with Crippen LogP contribution in [-0.2, 0) is 0 Å². The molecule has 4 heteroatoms. The molecule has 0 aliphatic heterocycles. The van der Waals surface area contributed by atoms with E-state index in [1.807, 2.05) is 49.4 Å². The zero-order valence-electron chi connectivity index (χ0n) is 13.6. The van der Waals surface area contributed by atoms with E-state index in [-0.39, 0.29) is 0 Å². The van der Waals surface area contributed by atoms with Crippen molar-refractivity contribution in [2.24, 2.45) is 0 Å². The Hall–Kier alpha value is -3.14. The molecule has 0 atom stereocenters. The number of aromatic nitrogens is 3. The highest BCUT2D eigenvalue weighted by molar-refractivity contribution is 5.90. The summed E-state index contributed by atoms with van der Waals surface area (Å²) in [5, 5.41) is 1.14. The largest absolute Gasteiger partial charge is 0.497 e. The van der Waals surface area contributed by atoms with Gasteiger partial charge < -0.3 is 9.72 Å². The van der Waals surface area contributed by atoms with Gasteiger partial charge in [-0.3, -0.25) is 4.98 Å². The number of aryl methyl sites for hydroxylation is 1. The Balaban J connectivity index is 1.74. The average molecular weight is 315 g/mol. The van der Waals surface area contributed by atoms with Gasteiger partial charge in [-0.1, -0.05) is 24.3 Å². The van der Waals surface area contributed by atoms with Crippen LogP contribution in [0.5, 0.6) is 5.75 Å². The van der Waals surface area contributed by atoms with Gasteiger partial charge in [0.25, 0.3) is 0 Å². The van der Waals surface area contributed by atoms with Crippen LogP contribution in [0.1, 0.15) is 17.1 Å². The van der Waals surface area contributed by atoms with Gasteiger partial charge in [-0.2, -0.15) is 0 Å². The number of imidazole rings is 1. The first kappa shape index (κ1) is 14.5. The van der Waals surface area contributed by atoms with E-state index < -0.39 is 0 Å². The maximum absolute atomic E-state index is 5.25. The van der Waals surface area contributed by atoms with Crippen molar-refractivity contribution in [2.45, 2.75) is 6.92 Å². The molecule has 0 unspecified atom stereocenters. The van der Waals surface area contributed by atoms with Crippen molar-refractivity contribution < 1.29 is 4.74 Å². The van der Waals surface area contributed by atoms with Gasteiger partial charge in [-0.25, -0.2) is 4.98 Å². The fraction of sp³-hybridized carbons (Fsp3) is 0.100. The lowest BCUT2D eigenvalue weighted by Gasteiger charge is -2.02. The van der Waals surface area contributed by atoms with Crippen LogP contribution in [0.15, 0.2) is 48.5 Å². The minimum absolute atomic E-state index is 0.808. The van der Waals surface area contributed by atoms with Crippen molar-refractivity contribution >= 4 is 34.1 Å². The number of H-pyrrole nitrogens is 1. The third kappa shape index (κ3) is 2.63. The lowest BCUT2D eigenvalue weighted by atomic mass is 10.1. The Morgan fingerprint density at radius 1 is 1.00 bits per heavy atom. The maximum atomic E-state index is 5.25. The van der Waals surface area contributed by atoms with Crippen molar-refractivity contribution in [3.8, 4) is 5.75 Å². The van der Waals surface area contributed by atoms with Crippen molar-refractivity contribution in [3.05, 3.63) is 65.6 Å². The molecule has 0 aliphatic carbocycles. The van der Waals surface area contributed by atoms with Gasteiger partial charge in [-0.15, -0.1) is 0 Å². The lowest BCUT2D eigenvalue weighted by Crippen LogP contribution is -1.86. The SMILES string of the molecule is COc1ccc2nc(/C=C/c3cccc4ccc(C)nc34)[nH]c2c1. The van der Waals surface area contributed by atoms with Gasteiger partial charge in [0, 0.05) is 22.7 Å². The minimum Gasteiger partial charge on any atom is -0.497 e. The van der Waals surface area contributed by atoms with Crippen LogP contribution < -0.4 is 4.74 Å². The Bertz CT molecular complexity index is 1060. The second-order valence-corrected chi connectivity index (χ2v) is 5.71. The predicted octanol–water partition coefficient (Wildman–Crippen LogP) is 4.60. The van der Waals surface area contributed by atoms with Crippen LogP contribution in [0.25, 0.3) is 34.1 Å². The number of nitrogens with zero attached hydrogens (tertiary/aromatic N) is 2. The number of aromatic amines is 1. The number of rotatable bonds is 3. The Kier molecular flexibility index (Phi) is 3.50. The summed E-state index contributed by atoms with van der Waals surface area (Å²) < 4.78 is 5.25. The van der Waals surface area contributed by atoms with Gasteiger partial charge in [-0.05, 0) is 37.3 Å². The molecule has 118 valence electrons. The lowest BCUT2D eigenvalue weighted by molar-refractivity contribution is 0.415. The monoisotopic (exact) mass is 315 g/mol. The molecular weight excluding hydrogens is 298 g/mol. The van der Waals surface area contributed by atoms with Crippen LogP contribution in [0.4, 0.5) is 0 Å². The van der Waals surface area contributed by atoms with Crippen LogP contribution in [-0.4, -0.2) is 22.1 Å². The molecule has 0 radical (unpaired) electrons. The number of hydrogen-bond acceptors (Lipinski definition) is 3. The fourth-order valence-corrected chi connectivity index (χ4v) is 2.79. The highest BCUT2D eigenvalue weighted by atomic mass is 16.5. The molecule has 0 saturated carbocycles. The first-order valence-corrected chi connectivity index (χ1v) is 7.81. The van der Waals surface area contributed by atoms with Crippen LogP contribution in [0.3, 0.4) is 0 Å². The van der Waals surface area contributed by atoms with Gasteiger partial charge in [0.1, 0.15) is 11.6 Å². The van der Waals surface area contributed by atoms with Crippen molar-refractivity contribution in [2.75, 3.05) is 7.11 Å². The maximum Gasteiger partial charge on any atom is 0.131 e. The number of ether oxygens (including phenoxy) is 1. The van der Waals surface area contributed by atoms with Crippen molar-refractivity contribution in [3.63, 3.8) is 0 Å². The first-order valence-electron chi connectivity index (χ1n) is 7.81. The molecule has 4 rings (SSSR count). The molecule has 24 heavy (non-hydrogen) atoms. The van der Waals surface area contributed by atoms with Crippen LogP contribution >= 0.6 is 0 Å². The summed E-state index contributed by atoms with van der Waals surface area (Å²) in [6, 6.07) is 16.1. The summed E-state index contributed by atoms with van der Waals surface area (Å²) in [5.74, 6) is 1.62. The zero-order chi connectivity index (χ0) is 16.5. The van der Waals surface area contributed by atoms with E-state index in [4.69, 9.17) is 4.74 Å². The molecule has 0 bridgehead atoms. The molecular formula is C20H17N3O. The molecule has 0 aliphatic rings. The Labute approximate surface area is 139 Å². The molecule has 0 saturated heterocycles. The zero-order valence-corrected chi connectivity index (χ0v) is 13.6. The quantitative estimate of drug-likeness (QED) is 0.601. The first-order chi connectivity index (χ1) is 11.7. The van der Waals surface area contributed by atoms with Gasteiger partial charge >= 0.3 is 0 Å². The summed E-state index contributed by atoms with van der Waals surface area (Å²) in [5.41, 5.74) is 4.98. The smallest absolute Gasteiger partial charge is 0.131 e. The fourth-order valence-electron chi connectivity index (χ4n) is 2.79. The number of methoxy groups -OCH3 is 1. The summed E-state index contributed by atoms with van der Waals surface area (Å²) >= 11 is 0. The van der Waals surface area contributed by atoms with Gasteiger partial charge in [0.2, 0.25) is 0 Å². The highest BCUT2D eigenvalue weighted by Crippen LogP contribution is 2.21. The number of pyridine rings is 1. The molecule has 2 aromatic heterocycles. The van der Waals surface area contributed by atoms with Gasteiger partial charge in [0.05, 0.1) is 23.7 Å². The molecule has 0 amide bonds. The van der Waals surface area contributed by atoms with Crippen molar-refractivity contribution in [1.82, 2.24) is 15.0 Å². The second kappa shape index (κ2) is 5.81. The van der Waals surface area contributed by atoms with Crippen LogP contribution in [0, 0.1) is 6.92 Å². The van der Waals surface area contributed by atoms with E-state index >= 15 is 0 Å². The van der Waals surface area contributed by atoms with E-state index in [9.17, 15) is 0 Å². The van der Waals surface area contributed by atoms with Crippen LogP contribution in [0.2, 0.25) is 0 Å². The topological polar surface area (TPSA) is 50.8 Å². The van der Waals surface area contributed by atoms with E-state index in [1.54, 1.807) is 7.11 Å². The predicted molar refractivity (Wildman–Crippen MR) is 98.1 cm³/mol. The number of nitrogens with one attached hydrogen (secondary N) is 1. The Morgan fingerprint density at radius 2 is 1.92 bits per heavy atom. The summed E-state index contributed by atoms with van der Waals surface area (Å²) in [6.45, 7) is 2.01. The summed E-state index contributed by atoms with van der Waals surface area (Å²) in [6.07, 6.45) is 4.02. The van der Waals surface area contributed by atoms with Gasteiger partial charge in [0.15, 0.2) is 0 Å². The molecule has 1 N–H and O–H groups in total. The minimum atomic E-state index is 0.808. The number of hydrogen-bond donors (Lipinski definition) is 1. The molecule has 0 spiro atoms. The molecule has 4 nitrogen and oxygen atoms in total. The second-order valence-electron chi connectivity index (χ2n) is 5.71. The summed E-state index contributed by atoms with van der Waals surface area (Å²) in [7, 11) is 1.66. The average Bonchev–Trinajstić information content (AvgIpc) is 3.01. The van der Waals surface area contributed by atoms with E-state index in [0.29, 0.717) is 0 Å². The summed E-state index contributed by atoms with van der Waals surface area (Å²) in [4.78, 5) is 12.5. The Morgan fingerprint density at radius 3 is 2.79 bits per heavy atom. The standard InChI is InChI=1S/C20H17N3O/c1-13-6-7-14-4-3-5-15(20(14)21-13)8-11-19-22-17-10-9-16(24-2)12-18(17)23-19/h3-12H,1-2H3,(H,22,23)/b11-8+. The molecule has 4 aromatic rings. The molecule has 2 aromatic carbocycles. The van der Waals surface area contributed by atoms with E-state index in [1.165, 1.54) is 0 Å². The highest BCUT2D eigenvalue weighted by Gasteiger charge is 2.03.